The summed E-state index contributed by atoms with van der Waals surface area (Å²) in [6, 6.07) is 11.5. The van der Waals surface area contributed by atoms with Crippen molar-refractivity contribution >= 4 is 34.2 Å². The summed E-state index contributed by atoms with van der Waals surface area (Å²) < 4.78 is 0. The van der Waals surface area contributed by atoms with Gasteiger partial charge in [0.15, 0.2) is 0 Å². The summed E-state index contributed by atoms with van der Waals surface area (Å²) in [6.45, 7) is 6.02. The molecule has 2 aromatic carbocycles. The van der Waals surface area contributed by atoms with E-state index in [1.807, 2.05) is 57.2 Å². The van der Waals surface area contributed by atoms with Gasteiger partial charge in [0.1, 0.15) is 5.82 Å². The minimum absolute atomic E-state index is 0.0339. The molecule has 0 spiro atoms. The van der Waals surface area contributed by atoms with Gasteiger partial charge in [0.25, 0.3) is 0 Å². The minimum atomic E-state index is 0.0339. The Morgan fingerprint density at radius 1 is 1.25 bits per heavy atom. The molecule has 1 aromatic heterocycles. The number of carbonyl (C=O) groups excluding carboxylic acids is 1. The molecule has 0 atom stereocenters. The average Bonchev–Trinajstić information content (AvgIpc) is 2.90. The number of H-pyrrole nitrogens is 1. The molecule has 24 heavy (non-hydrogen) atoms. The monoisotopic (exact) mass is 341 g/mol. The largest absolute Gasteiger partial charge is 0.338 e. The fraction of sp³-hybridized carbons (Fsp3) is 0.263. The van der Waals surface area contributed by atoms with E-state index in [4.69, 9.17) is 11.6 Å². The zero-order valence-electron chi connectivity index (χ0n) is 14.0. The maximum absolute atomic E-state index is 11.8. The third kappa shape index (κ3) is 3.60. The van der Waals surface area contributed by atoms with Crippen LogP contribution in [0.3, 0.4) is 0 Å². The van der Waals surface area contributed by atoms with Gasteiger partial charge in [0.2, 0.25) is 5.91 Å². The van der Waals surface area contributed by atoms with Gasteiger partial charge in [0.05, 0.1) is 11.0 Å². The highest BCUT2D eigenvalue weighted by atomic mass is 35.5. The Bertz CT molecular complexity index is 843. The van der Waals surface area contributed by atoms with Crippen LogP contribution in [0.25, 0.3) is 22.4 Å². The molecule has 0 aliphatic heterocycles. The molecule has 4 nitrogen and oxygen atoms in total. The Kier molecular flexibility index (Phi) is 4.58. The summed E-state index contributed by atoms with van der Waals surface area (Å²) >= 11 is 6.15. The van der Waals surface area contributed by atoms with Crippen molar-refractivity contribution in [3.8, 4) is 11.4 Å². The lowest BCUT2D eigenvalue weighted by Crippen LogP contribution is -2.13. The quantitative estimate of drug-likeness (QED) is 0.687. The van der Waals surface area contributed by atoms with Gasteiger partial charge in [0, 0.05) is 22.7 Å². The van der Waals surface area contributed by atoms with Gasteiger partial charge in [-0.05, 0) is 54.8 Å². The number of fused-ring (bicyclic) bond motifs is 1. The van der Waals surface area contributed by atoms with Gasteiger partial charge < -0.3 is 10.3 Å². The molecular formula is C19H20ClN3O. The fourth-order valence-electron chi connectivity index (χ4n) is 2.57. The second-order valence-electron chi connectivity index (χ2n) is 6.43. The molecule has 1 heterocycles. The third-order valence-corrected chi connectivity index (χ3v) is 4.21. The molecule has 124 valence electrons. The summed E-state index contributed by atoms with van der Waals surface area (Å²) in [5, 5.41) is 3.62. The number of nitrogens with zero attached hydrogens (tertiary/aromatic N) is 1. The molecule has 0 aliphatic rings. The van der Waals surface area contributed by atoms with Crippen LogP contribution < -0.4 is 5.32 Å². The van der Waals surface area contributed by atoms with E-state index in [-0.39, 0.29) is 5.91 Å². The number of halogens is 1. The zero-order chi connectivity index (χ0) is 17.3. The van der Waals surface area contributed by atoms with Crippen molar-refractivity contribution in [3.63, 3.8) is 0 Å². The van der Waals surface area contributed by atoms with Crippen LogP contribution >= 0.6 is 11.6 Å². The maximum Gasteiger partial charge on any atom is 0.224 e. The second kappa shape index (κ2) is 6.65. The molecule has 5 heteroatoms. The number of anilines is 1. The number of benzene rings is 2. The minimum Gasteiger partial charge on any atom is -0.338 e. The van der Waals surface area contributed by atoms with E-state index >= 15 is 0 Å². The maximum atomic E-state index is 11.8. The van der Waals surface area contributed by atoms with Gasteiger partial charge in [-0.25, -0.2) is 4.98 Å². The fourth-order valence-corrected chi connectivity index (χ4v) is 2.73. The van der Waals surface area contributed by atoms with E-state index in [2.05, 4.69) is 15.3 Å². The van der Waals surface area contributed by atoms with Crippen LogP contribution in [0, 0.1) is 12.8 Å². The summed E-state index contributed by atoms with van der Waals surface area (Å²) in [6.07, 6.45) is 0.519. The van der Waals surface area contributed by atoms with Crippen LogP contribution in [-0.4, -0.2) is 15.9 Å². The number of rotatable bonds is 4. The Labute approximate surface area is 146 Å². The predicted molar refractivity (Wildman–Crippen MR) is 99.4 cm³/mol. The van der Waals surface area contributed by atoms with Gasteiger partial charge >= 0.3 is 0 Å². The van der Waals surface area contributed by atoms with Crippen LogP contribution in [0.4, 0.5) is 5.69 Å². The van der Waals surface area contributed by atoms with Crippen LogP contribution in [-0.2, 0) is 4.79 Å². The summed E-state index contributed by atoms with van der Waals surface area (Å²) in [5.41, 5.74) is 4.57. The SMILES string of the molecule is Cc1cc2[nH]c(-c3ccc(NC(=O)CC(C)C)cc3)nc2cc1Cl. The Morgan fingerprint density at radius 2 is 1.96 bits per heavy atom. The average molecular weight is 342 g/mol. The van der Waals surface area contributed by atoms with Crippen molar-refractivity contribution in [1.82, 2.24) is 9.97 Å². The first-order valence-corrected chi connectivity index (χ1v) is 8.36. The van der Waals surface area contributed by atoms with E-state index < -0.39 is 0 Å². The Balaban J connectivity index is 1.81. The van der Waals surface area contributed by atoms with Crippen LogP contribution in [0.15, 0.2) is 36.4 Å². The van der Waals surface area contributed by atoms with E-state index in [0.29, 0.717) is 17.4 Å². The third-order valence-electron chi connectivity index (χ3n) is 3.80. The van der Waals surface area contributed by atoms with Gasteiger partial charge in [-0.15, -0.1) is 0 Å². The number of aromatic nitrogens is 2. The number of nitrogens with one attached hydrogen (secondary N) is 2. The normalized spacial score (nSPS) is 11.2. The number of amides is 1. The van der Waals surface area contributed by atoms with Crippen molar-refractivity contribution in [2.24, 2.45) is 5.92 Å². The first-order valence-electron chi connectivity index (χ1n) is 7.98. The van der Waals surface area contributed by atoms with E-state index in [1.165, 1.54) is 0 Å². The number of imidazole rings is 1. The topological polar surface area (TPSA) is 57.8 Å². The molecular weight excluding hydrogens is 322 g/mol. The van der Waals surface area contributed by atoms with E-state index in [0.717, 1.165) is 33.7 Å². The van der Waals surface area contributed by atoms with Crippen molar-refractivity contribution in [3.05, 3.63) is 47.0 Å². The van der Waals surface area contributed by atoms with Crippen molar-refractivity contribution in [2.45, 2.75) is 27.2 Å². The summed E-state index contributed by atoms with van der Waals surface area (Å²) in [7, 11) is 0. The molecule has 2 N–H and O–H groups in total. The van der Waals surface area contributed by atoms with Crippen molar-refractivity contribution in [1.29, 1.82) is 0 Å². The van der Waals surface area contributed by atoms with Gasteiger partial charge in [-0.2, -0.15) is 0 Å². The lowest BCUT2D eigenvalue weighted by molar-refractivity contribution is -0.116. The highest BCUT2D eigenvalue weighted by Crippen LogP contribution is 2.26. The summed E-state index contributed by atoms with van der Waals surface area (Å²) in [5.74, 6) is 1.16. The smallest absolute Gasteiger partial charge is 0.224 e. The first-order chi connectivity index (χ1) is 11.4. The summed E-state index contributed by atoms with van der Waals surface area (Å²) in [4.78, 5) is 19.7. The number of aromatic amines is 1. The number of carbonyl (C=O) groups is 1. The van der Waals surface area contributed by atoms with E-state index in [9.17, 15) is 4.79 Å². The molecule has 0 radical (unpaired) electrons. The predicted octanol–water partition coefficient (Wildman–Crippen LogP) is 5.18. The Morgan fingerprint density at radius 3 is 2.62 bits per heavy atom. The molecule has 0 unspecified atom stereocenters. The van der Waals surface area contributed by atoms with Crippen molar-refractivity contribution < 1.29 is 4.79 Å². The van der Waals surface area contributed by atoms with E-state index in [1.54, 1.807) is 0 Å². The van der Waals surface area contributed by atoms with Crippen LogP contribution in [0.2, 0.25) is 5.02 Å². The molecule has 3 rings (SSSR count). The number of aryl methyl sites for hydroxylation is 1. The molecule has 0 fully saturated rings. The van der Waals surface area contributed by atoms with Crippen LogP contribution in [0.5, 0.6) is 0 Å². The molecule has 0 saturated carbocycles. The second-order valence-corrected chi connectivity index (χ2v) is 6.83. The number of hydrogen-bond donors (Lipinski definition) is 2. The number of hydrogen-bond acceptors (Lipinski definition) is 2. The van der Waals surface area contributed by atoms with Gasteiger partial charge in [-0.3, -0.25) is 4.79 Å². The Hall–Kier alpha value is -2.33. The highest BCUT2D eigenvalue weighted by molar-refractivity contribution is 6.32. The van der Waals surface area contributed by atoms with Crippen LogP contribution in [0.1, 0.15) is 25.8 Å². The lowest BCUT2D eigenvalue weighted by atomic mass is 10.1. The zero-order valence-corrected chi connectivity index (χ0v) is 14.7. The highest BCUT2D eigenvalue weighted by Gasteiger charge is 2.09. The standard InChI is InChI=1S/C19H20ClN3O/c1-11(2)8-18(24)21-14-6-4-13(5-7-14)19-22-16-9-12(3)15(20)10-17(16)23-19/h4-7,9-11H,8H2,1-3H3,(H,21,24)(H,22,23). The molecule has 0 bridgehead atoms. The lowest BCUT2D eigenvalue weighted by Gasteiger charge is -2.07. The molecule has 0 aliphatic carbocycles. The van der Waals surface area contributed by atoms with Crippen molar-refractivity contribution in [2.75, 3.05) is 5.32 Å². The first kappa shape index (κ1) is 16.5. The molecule has 0 saturated heterocycles. The molecule has 1 amide bonds. The van der Waals surface area contributed by atoms with Gasteiger partial charge in [-0.1, -0.05) is 25.4 Å². The molecule has 3 aromatic rings.